The van der Waals surface area contributed by atoms with Crippen LogP contribution in [0.4, 0.5) is 8.78 Å². The van der Waals surface area contributed by atoms with E-state index >= 15 is 0 Å². The third kappa shape index (κ3) is 6.07. The van der Waals surface area contributed by atoms with Gasteiger partial charge in [-0.2, -0.15) is 8.78 Å². The molecule has 0 radical (unpaired) electrons. The number of halogens is 2. The van der Waals surface area contributed by atoms with Crippen LogP contribution in [0.2, 0.25) is 0 Å². The molecule has 0 atom stereocenters. The molecular weight excluding hydrogens is 402 g/mol. The molecule has 2 saturated carbocycles. The predicted molar refractivity (Wildman–Crippen MR) is 128 cm³/mol. The summed E-state index contributed by atoms with van der Waals surface area (Å²) < 4.78 is 34.9. The van der Waals surface area contributed by atoms with E-state index in [1.807, 2.05) is 31.2 Å². The Morgan fingerprint density at radius 1 is 0.719 bits per heavy atom. The first-order valence-corrected chi connectivity index (χ1v) is 12.3. The summed E-state index contributed by atoms with van der Waals surface area (Å²) >= 11 is 0. The van der Waals surface area contributed by atoms with Gasteiger partial charge in [0.1, 0.15) is 0 Å². The summed E-state index contributed by atoms with van der Waals surface area (Å²) in [6.45, 7) is 4.38. The van der Waals surface area contributed by atoms with Crippen LogP contribution in [0.5, 0.6) is 0 Å². The third-order valence-corrected chi connectivity index (χ3v) is 7.36. The number of ether oxygens (including phenoxy) is 1. The summed E-state index contributed by atoms with van der Waals surface area (Å²) in [6.07, 6.45) is 9.67. The second-order valence-electron chi connectivity index (χ2n) is 10.0. The molecule has 2 aromatic rings. The quantitative estimate of drug-likeness (QED) is 0.410. The van der Waals surface area contributed by atoms with Crippen LogP contribution in [0.25, 0.3) is 11.1 Å². The van der Waals surface area contributed by atoms with Gasteiger partial charge in [0, 0.05) is 0 Å². The zero-order valence-electron chi connectivity index (χ0n) is 19.4. The van der Waals surface area contributed by atoms with Crippen molar-refractivity contribution in [2.24, 2.45) is 17.8 Å². The highest BCUT2D eigenvalue weighted by atomic mass is 19.3. The summed E-state index contributed by atoms with van der Waals surface area (Å²) in [5, 5.41) is 0. The molecule has 0 aromatic heterocycles. The van der Waals surface area contributed by atoms with Gasteiger partial charge in [0.15, 0.2) is 0 Å². The van der Waals surface area contributed by atoms with E-state index in [1.165, 1.54) is 43.4 Å². The molecule has 2 fully saturated rings. The Morgan fingerprint density at radius 2 is 1.19 bits per heavy atom. The van der Waals surface area contributed by atoms with Gasteiger partial charge in [-0.05, 0) is 86.5 Å². The van der Waals surface area contributed by atoms with Crippen molar-refractivity contribution in [1.29, 1.82) is 0 Å². The molecule has 172 valence electrons. The van der Waals surface area contributed by atoms with Gasteiger partial charge in [-0.1, -0.05) is 73.9 Å². The number of rotatable bonds is 6. The molecule has 0 spiro atoms. The van der Waals surface area contributed by atoms with Crippen LogP contribution < -0.4 is 0 Å². The molecule has 32 heavy (non-hydrogen) atoms. The van der Waals surface area contributed by atoms with Gasteiger partial charge >= 0.3 is 6.11 Å². The summed E-state index contributed by atoms with van der Waals surface area (Å²) in [7, 11) is 0. The second-order valence-corrected chi connectivity index (χ2v) is 10.0. The molecule has 0 bridgehead atoms. The van der Waals surface area contributed by atoms with Crippen molar-refractivity contribution in [3.05, 3.63) is 71.8 Å². The number of allylic oxidation sites excluding steroid dienone is 2. The Bertz CT molecular complexity index is 868. The summed E-state index contributed by atoms with van der Waals surface area (Å²) in [6, 6.07) is 14.6. The van der Waals surface area contributed by atoms with Gasteiger partial charge in [0.25, 0.3) is 0 Å². The molecule has 2 aliphatic rings. The Labute approximate surface area is 191 Å². The number of benzene rings is 2. The van der Waals surface area contributed by atoms with Crippen molar-refractivity contribution in [1.82, 2.24) is 0 Å². The molecule has 0 N–H and O–H groups in total. The Balaban J connectivity index is 1.28. The van der Waals surface area contributed by atoms with E-state index in [0.29, 0.717) is 24.7 Å². The SMILES string of the molecule is Cc1ccc(-c2ccc(C(F)(F)OC3CCC(/C=C/C4CCC(C)CC4)CC3)cc2)cc1. The van der Waals surface area contributed by atoms with Crippen LogP contribution in [0, 0.1) is 24.7 Å². The van der Waals surface area contributed by atoms with E-state index in [0.717, 1.165) is 29.9 Å². The zero-order chi connectivity index (χ0) is 22.6. The topological polar surface area (TPSA) is 9.23 Å². The predicted octanol–water partition coefficient (Wildman–Crippen LogP) is 8.67. The molecule has 0 unspecified atom stereocenters. The van der Waals surface area contributed by atoms with Crippen molar-refractivity contribution in [3.8, 4) is 11.1 Å². The van der Waals surface area contributed by atoms with E-state index in [9.17, 15) is 8.78 Å². The van der Waals surface area contributed by atoms with E-state index in [1.54, 1.807) is 12.1 Å². The van der Waals surface area contributed by atoms with Gasteiger partial charge in [-0.3, -0.25) is 0 Å². The van der Waals surface area contributed by atoms with Crippen LogP contribution in [-0.2, 0) is 10.8 Å². The van der Waals surface area contributed by atoms with Crippen molar-refractivity contribution in [2.75, 3.05) is 0 Å². The Morgan fingerprint density at radius 3 is 1.72 bits per heavy atom. The van der Waals surface area contributed by atoms with Crippen molar-refractivity contribution in [2.45, 2.75) is 77.4 Å². The fourth-order valence-electron chi connectivity index (χ4n) is 5.07. The van der Waals surface area contributed by atoms with Gasteiger partial charge in [0.05, 0.1) is 11.7 Å². The molecule has 0 aliphatic heterocycles. The smallest absolute Gasteiger partial charge is 0.313 e. The van der Waals surface area contributed by atoms with Crippen LogP contribution >= 0.6 is 0 Å². The molecule has 1 nitrogen and oxygen atoms in total. The minimum atomic E-state index is -3.25. The standard InChI is InChI=1S/C29H36F2O/c1-21-3-7-23(8-4-21)9-10-24-11-19-28(20-12-24)32-29(30,31)27-17-15-26(16-18-27)25-13-5-22(2)6-14-25/h5-6,9-10,13-18,21,23-24,28H,3-4,7-8,11-12,19-20H2,1-2H3/b10-9+. The fraction of sp³-hybridized carbons (Fsp3) is 0.517. The van der Waals surface area contributed by atoms with E-state index < -0.39 is 6.11 Å². The highest BCUT2D eigenvalue weighted by Gasteiger charge is 2.37. The average Bonchev–Trinajstić information content (AvgIpc) is 2.80. The summed E-state index contributed by atoms with van der Waals surface area (Å²) in [5.74, 6) is 2.09. The van der Waals surface area contributed by atoms with Crippen LogP contribution in [0.3, 0.4) is 0 Å². The molecular formula is C29H36F2O. The first-order valence-electron chi connectivity index (χ1n) is 12.3. The first-order chi connectivity index (χ1) is 15.4. The van der Waals surface area contributed by atoms with Crippen molar-refractivity contribution < 1.29 is 13.5 Å². The molecule has 0 amide bonds. The minimum absolute atomic E-state index is 0.0677. The van der Waals surface area contributed by atoms with Gasteiger partial charge in [0.2, 0.25) is 0 Å². The largest absolute Gasteiger partial charge is 0.383 e. The molecule has 4 rings (SSSR count). The number of hydrogen-bond acceptors (Lipinski definition) is 1. The monoisotopic (exact) mass is 438 g/mol. The highest BCUT2D eigenvalue weighted by molar-refractivity contribution is 5.64. The van der Waals surface area contributed by atoms with E-state index in [-0.39, 0.29) is 11.7 Å². The lowest BCUT2D eigenvalue weighted by atomic mass is 9.81. The zero-order valence-corrected chi connectivity index (χ0v) is 19.4. The third-order valence-electron chi connectivity index (χ3n) is 7.36. The normalized spacial score (nSPS) is 27.0. The molecule has 0 heterocycles. The molecule has 3 heteroatoms. The van der Waals surface area contributed by atoms with Crippen molar-refractivity contribution in [3.63, 3.8) is 0 Å². The van der Waals surface area contributed by atoms with E-state index in [2.05, 4.69) is 19.1 Å². The fourth-order valence-corrected chi connectivity index (χ4v) is 5.07. The van der Waals surface area contributed by atoms with Crippen molar-refractivity contribution >= 4 is 0 Å². The molecule has 0 saturated heterocycles. The summed E-state index contributed by atoms with van der Waals surface area (Å²) in [4.78, 5) is 0. The lowest BCUT2D eigenvalue weighted by Crippen LogP contribution is -2.29. The lowest BCUT2D eigenvalue weighted by molar-refractivity contribution is -0.277. The van der Waals surface area contributed by atoms with Crippen LogP contribution in [-0.4, -0.2) is 6.10 Å². The average molecular weight is 439 g/mol. The maximum absolute atomic E-state index is 14.8. The molecule has 2 aliphatic carbocycles. The van der Waals surface area contributed by atoms with Gasteiger partial charge < -0.3 is 4.74 Å². The lowest BCUT2D eigenvalue weighted by Gasteiger charge is -2.30. The number of hydrogen-bond donors (Lipinski definition) is 0. The number of alkyl halides is 2. The van der Waals surface area contributed by atoms with E-state index in [4.69, 9.17) is 4.74 Å². The van der Waals surface area contributed by atoms with Gasteiger partial charge in [-0.25, -0.2) is 0 Å². The summed E-state index contributed by atoms with van der Waals surface area (Å²) in [5.41, 5.74) is 3.07. The first kappa shape index (κ1) is 23.2. The molecule has 2 aromatic carbocycles. The van der Waals surface area contributed by atoms with Crippen LogP contribution in [0.15, 0.2) is 60.7 Å². The van der Waals surface area contributed by atoms with Crippen LogP contribution in [0.1, 0.15) is 69.4 Å². The minimum Gasteiger partial charge on any atom is -0.313 e. The highest BCUT2D eigenvalue weighted by Crippen LogP contribution is 2.37. The maximum atomic E-state index is 14.8. The van der Waals surface area contributed by atoms with Gasteiger partial charge in [-0.15, -0.1) is 0 Å². The second kappa shape index (κ2) is 10.3. The Kier molecular flexibility index (Phi) is 7.45. The number of aryl methyl sites for hydroxylation is 1. The maximum Gasteiger partial charge on any atom is 0.383 e. The Hall–Kier alpha value is -2.00.